The summed E-state index contributed by atoms with van der Waals surface area (Å²) in [6.45, 7) is 17.5. The average Bonchev–Trinajstić information content (AvgIpc) is 1.60. The van der Waals surface area contributed by atoms with Crippen LogP contribution in [0.4, 0.5) is 0 Å². The summed E-state index contributed by atoms with van der Waals surface area (Å²) < 4.78 is 82.1. The average molecular weight is 2040 g/mol. The highest BCUT2D eigenvalue weighted by Gasteiger charge is 2.62. The number of benzene rings is 5. The van der Waals surface area contributed by atoms with Crippen LogP contribution in [-0.2, 0) is 122 Å². The standard InChI is InChI=1S/C17H22O3.2C15H19NO2.C15H18O2.C11H18O2.2C10H16O3.C10H14O3.C8H10O2.C7H5ClO.C2H6/c1-2-4-13(5-3-1)12-18-16-7-6-15-14(16)8-9-17(15)19-10-11-20-17;17-15-9-6-12-13(16-15)7-8-14(12)18-10-11-4-2-1-3-5-11;17-15-13-6-7-14(12(13)8-9-16-15)18-10-11-4-2-1-3-5-11;16-14-8-6-13-12(14)7-9-15(13)17-10-11-4-2-1-3-5-11;1-8-2-3-10-9(8)4-5-11(10)12-6-7-13-11;3*11-9-2-1-8-7(9)3-4-10(8)12-5-6-13-10;9-7-3-1-5-6(7)2-4-8(5)10;8-7(9)6-4-2-1-3-5-6;1-2/h1-5,14-16H,6-12H2;2*1-5,12-14H,6-10H2,(H,16,17);1-5,12-13,15H,6-10H2;8-10H,2-7H2,1H3;2*7-9,11H,1-6H2;7-8H,1-6H2;5-6H,1-4H2;1-5H;1-2H3. The number of hydrogen-bond acceptors (Lipinski definition) is 23. The first-order valence-electron chi connectivity index (χ1n) is 56.6. The normalized spacial score (nSPS) is 35.7. The highest BCUT2D eigenvalue weighted by molar-refractivity contribution is 6.67. The predicted octanol–water partition coefficient (Wildman–Crippen LogP) is 19.6. The fourth-order valence-electron chi connectivity index (χ4n) is 30.3. The molecule has 5 aromatic carbocycles. The van der Waals surface area contributed by atoms with Gasteiger partial charge < -0.3 is 87.2 Å². The fourth-order valence-corrected chi connectivity index (χ4v) is 30.4. The summed E-state index contributed by atoms with van der Waals surface area (Å²) in [5.41, 5.74) is 5.46. The van der Waals surface area contributed by atoms with E-state index in [1.54, 1.807) is 24.3 Å². The van der Waals surface area contributed by atoms with Crippen LogP contribution in [0.2, 0.25) is 0 Å². The number of hydrogen-bond donors (Lipinski definition) is 4. The second-order valence-corrected chi connectivity index (χ2v) is 45.2. The Balaban J connectivity index is 0.000000107. The van der Waals surface area contributed by atoms with E-state index in [1.165, 1.54) is 54.4 Å². The Labute approximate surface area is 869 Å². The quantitative estimate of drug-likeness (QED) is 0.0796. The molecule has 2 amide bonds. The van der Waals surface area contributed by atoms with Gasteiger partial charge in [0.05, 0.1) is 129 Å². The van der Waals surface area contributed by atoms with Gasteiger partial charge in [0.25, 0.3) is 5.24 Å². The molecule has 23 aliphatic rings. The molecule has 5 spiro atoms. The highest BCUT2D eigenvalue weighted by Crippen LogP contribution is 2.60. The maximum absolute atomic E-state index is 11.7. The lowest BCUT2D eigenvalue weighted by atomic mass is 9.88. The van der Waals surface area contributed by atoms with Crippen molar-refractivity contribution in [2.45, 2.75) is 344 Å². The number of piperidine rings is 2. The van der Waals surface area contributed by atoms with Crippen molar-refractivity contribution in [2.24, 2.45) is 107 Å². The van der Waals surface area contributed by atoms with Crippen LogP contribution in [0, 0.1) is 107 Å². The van der Waals surface area contributed by atoms with Gasteiger partial charge in [-0.2, -0.15) is 0 Å². The zero-order valence-electron chi connectivity index (χ0n) is 86.6. The summed E-state index contributed by atoms with van der Waals surface area (Å²) in [4.78, 5) is 78.7. The van der Waals surface area contributed by atoms with Crippen LogP contribution in [0.15, 0.2) is 152 Å². The van der Waals surface area contributed by atoms with E-state index in [-0.39, 0.29) is 82.7 Å². The molecule has 16 aliphatic carbocycles. The van der Waals surface area contributed by atoms with Crippen molar-refractivity contribution in [1.29, 1.82) is 0 Å². The molecule has 25 nitrogen and oxygen atoms in total. The smallest absolute Gasteiger partial charge is 0.252 e. The second-order valence-electron chi connectivity index (χ2n) is 44.9. The van der Waals surface area contributed by atoms with E-state index in [0.717, 1.165) is 251 Å². The minimum absolute atomic E-state index is 0.0998. The van der Waals surface area contributed by atoms with Crippen molar-refractivity contribution in [3.05, 3.63) is 179 Å². The van der Waals surface area contributed by atoms with Gasteiger partial charge in [0.2, 0.25) is 11.8 Å². The van der Waals surface area contributed by atoms with E-state index in [1.807, 2.05) is 80.6 Å². The number of carbonyl (C=O) groups excluding carboxylic acids is 7. The molecule has 7 aliphatic heterocycles. The maximum atomic E-state index is 11.7. The Morgan fingerprint density at radius 2 is 0.644 bits per heavy atom. The largest absolute Gasteiger partial charge is 0.393 e. The molecule has 0 radical (unpaired) electrons. The molecule has 16 saturated carbocycles. The Kier molecular flexibility index (Phi) is 38.2. The van der Waals surface area contributed by atoms with Gasteiger partial charge >= 0.3 is 0 Å². The van der Waals surface area contributed by atoms with Crippen LogP contribution in [0.5, 0.6) is 0 Å². The van der Waals surface area contributed by atoms with E-state index in [0.29, 0.717) is 176 Å². The third kappa shape index (κ3) is 25.4. The number of nitrogens with one attached hydrogen (secondary N) is 2. The minimum Gasteiger partial charge on any atom is -0.393 e. The first-order valence-corrected chi connectivity index (χ1v) is 56.9. The number of halogens is 1. The zero-order chi connectivity index (χ0) is 101. The van der Waals surface area contributed by atoms with E-state index in [4.69, 9.17) is 77.9 Å². The molecule has 7 heterocycles. The minimum atomic E-state index is -0.407. The third-order valence-corrected chi connectivity index (χ3v) is 37.7. The number of amides is 2. The monoisotopic (exact) mass is 2040 g/mol. The van der Waals surface area contributed by atoms with E-state index in [9.17, 15) is 43.8 Å². The van der Waals surface area contributed by atoms with Gasteiger partial charge in [-0.1, -0.05) is 172 Å². The number of fused-ring (bicyclic) bond motifs is 14. The first kappa shape index (κ1) is 109. The summed E-state index contributed by atoms with van der Waals surface area (Å²) in [6.07, 6.45) is 36.3. The van der Waals surface area contributed by atoms with Crippen LogP contribution in [0.25, 0.3) is 0 Å². The lowest BCUT2D eigenvalue weighted by Gasteiger charge is -2.29. The van der Waals surface area contributed by atoms with Crippen molar-refractivity contribution in [3.8, 4) is 0 Å². The molecule has 146 heavy (non-hydrogen) atoms. The molecular formula is C120H163ClN2O23. The number of aliphatic hydroxyl groups excluding tert-OH is 2. The molecular weight excluding hydrogens is 1870 g/mol. The Bertz CT molecular complexity index is 4840. The Morgan fingerprint density at radius 1 is 0.315 bits per heavy atom. The molecule has 26 heteroatoms. The Morgan fingerprint density at radius 3 is 1.10 bits per heavy atom. The topological polar surface area (TPSA) is 313 Å². The van der Waals surface area contributed by atoms with Gasteiger partial charge in [0.1, 0.15) is 23.1 Å². The van der Waals surface area contributed by atoms with E-state index < -0.39 is 5.24 Å². The summed E-state index contributed by atoms with van der Waals surface area (Å²) in [5.74, 6) is 9.02. The van der Waals surface area contributed by atoms with Crippen LogP contribution < -0.4 is 10.6 Å². The van der Waals surface area contributed by atoms with Crippen molar-refractivity contribution >= 4 is 51.8 Å². The van der Waals surface area contributed by atoms with Crippen LogP contribution in [0.3, 0.4) is 0 Å². The van der Waals surface area contributed by atoms with Crippen molar-refractivity contribution < 1.29 is 110 Å². The molecule has 28 rings (SSSR count). The second kappa shape index (κ2) is 51.2. The number of rotatable bonds is 13. The molecule has 25 unspecified atom stereocenters. The van der Waals surface area contributed by atoms with Gasteiger partial charge in [-0.15, -0.1) is 0 Å². The predicted molar refractivity (Wildman–Crippen MR) is 548 cm³/mol. The summed E-state index contributed by atoms with van der Waals surface area (Å²) in [5, 5.41) is 25.1. The van der Waals surface area contributed by atoms with Gasteiger partial charge in [0, 0.05) is 147 Å². The van der Waals surface area contributed by atoms with Gasteiger partial charge in [-0.25, -0.2) is 0 Å². The van der Waals surface area contributed by atoms with Gasteiger partial charge in [-0.3, -0.25) is 33.6 Å². The lowest BCUT2D eigenvalue weighted by molar-refractivity contribution is -0.184. The maximum Gasteiger partial charge on any atom is 0.252 e. The lowest BCUT2D eigenvalue weighted by Crippen LogP contribution is -2.44. The van der Waals surface area contributed by atoms with Crippen molar-refractivity contribution in [1.82, 2.24) is 10.6 Å². The number of ether oxygens (including phenoxy) is 14. The SMILES string of the molecule is CC.CC1CCC2C1CCC21OCCO1.O=C(Cl)c1ccccc1.O=C1CCC2C(=O)CCC12.O=C1CCC2C(CCC2OCc2ccccc2)N1.O=C1CCC2C(OCc3ccccc3)CCC12.O=C1CCC2C1CCC21OCCO1.O=C1NCCC2C(OCc3ccccc3)CCC12.OC1CCC2C1CCC21OCCO1.OC1CCC2C1CCC21OCCO1.c1ccc(COC2CCC3C2CCC32OCCO2)cc1. The third-order valence-electron chi connectivity index (χ3n) is 37.4. The van der Waals surface area contributed by atoms with E-state index >= 15 is 0 Å². The van der Waals surface area contributed by atoms with Gasteiger partial charge in [0.15, 0.2) is 28.9 Å². The summed E-state index contributed by atoms with van der Waals surface area (Å²) >= 11 is 5.16. The molecule has 7 saturated heterocycles. The number of carbonyl (C=O) groups is 7. The molecule has 0 bridgehead atoms. The summed E-state index contributed by atoms with van der Waals surface area (Å²) in [7, 11) is 0. The summed E-state index contributed by atoms with van der Waals surface area (Å²) in [6, 6.07) is 50.3. The Hall–Kier alpha value is -6.96. The van der Waals surface area contributed by atoms with E-state index in [2.05, 4.69) is 78.2 Å². The molecule has 4 N–H and O–H groups in total. The zero-order valence-corrected chi connectivity index (χ0v) is 87.3. The molecule has 5 aromatic rings. The van der Waals surface area contributed by atoms with Crippen LogP contribution in [0.1, 0.15) is 278 Å². The molecule has 23 fully saturated rings. The van der Waals surface area contributed by atoms with Crippen molar-refractivity contribution in [2.75, 3.05) is 72.6 Å². The first-order chi connectivity index (χ1) is 71.3. The van der Waals surface area contributed by atoms with Crippen molar-refractivity contribution in [3.63, 3.8) is 0 Å². The van der Waals surface area contributed by atoms with Gasteiger partial charge in [-0.05, 0) is 236 Å². The molecule has 25 atom stereocenters. The number of Topliss-reactive ketones (excluding diaryl/α,β-unsaturated/α-hetero) is 4. The highest BCUT2D eigenvalue weighted by atomic mass is 35.5. The van der Waals surface area contributed by atoms with Crippen LogP contribution in [-0.4, -0.2) is 195 Å². The van der Waals surface area contributed by atoms with Crippen LogP contribution >= 0.6 is 11.6 Å². The molecule has 0 aromatic heterocycles. The number of aliphatic hydroxyl groups is 2. The molecule has 798 valence electrons. The number of ketones is 4. The fraction of sp³-hybridized carbons (Fsp3) is 0.692.